The first-order valence-electron chi connectivity index (χ1n) is 3.78. The van der Waals surface area contributed by atoms with Gasteiger partial charge in [-0.15, -0.1) is 0 Å². The molecule has 0 spiro atoms. The van der Waals surface area contributed by atoms with Crippen molar-refractivity contribution < 1.29 is 4.79 Å². The number of rotatable bonds is 1. The quantitative estimate of drug-likeness (QED) is 0.588. The van der Waals surface area contributed by atoms with E-state index in [2.05, 4.69) is 28.7 Å². The summed E-state index contributed by atoms with van der Waals surface area (Å²) in [4.78, 5) is 11.1. The molecule has 0 saturated carbocycles. The molecule has 0 aliphatic rings. The number of hydrogen-bond donors (Lipinski definition) is 0. The maximum absolute atomic E-state index is 11.1. The Morgan fingerprint density at radius 1 is 1.54 bits per heavy atom. The van der Waals surface area contributed by atoms with E-state index in [0.29, 0.717) is 11.1 Å². The summed E-state index contributed by atoms with van der Waals surface area (Å²) in [5, 5.41) is 8.73. The van der Waals surface area contributed by atoms with Gasteiger partial charge in [-0.1, -0.05) is 0 Å². The van der Waals surface area contributed by atoms with Gasteiger partial charge in [0.05, 0.1) is 11.6 Å². The number of Topliss-reactive ketones (excluding diaryl/α,β-unsaturated/α-hetero) is 1. The van der Waals surface area contributed by atoms with Crippen molar-refractivity contribution in [1.29, 1.82) is 5.26 Å². The number of nitrogens with zero attached hydrogens (tertiary/aromatic N) is 1. The monoisotopic (exact) mass is 285 g/mol. The fraction of sp³-hybridized carbons (Fsp3) is 0.200. The molecule has 0 heterocycles. The second-order valence-electron chi connectivity index (χ2n) is 2.77. The van der Waals surface area contributed by atoms with E-state index in [1.165, 1.54) is 6.92 Å². The molecule has 3 heteroatoms. The van der Waals surface area contributed by atoms with Gasteiger partial charge < -0.3 is 0 Å². The zero-order valence-electron chi connectivity index (χ0n) is 7.39. The minimum Gasteiger partial charge on any atom is -0.294 e. The van der Waals surface area contributed by atoms with Crippen LogP contribution in [0.5, 0.6) is 0 Å². The lowest BCUT2D eigenvalue weighted by Gasteiger charge is -2.04. The predicted octanol–water partition coefficient (Wildman–Crippen LogP) is 2.67. The van der Waals surface area contributed by atoms with Crippen LogP contribution in [0.15, 0.2) is 12.1 Å². The van der Waals surface area contributed by atoms with Crippen LogP contribution in [0, 0.1) is 21.8 Å². The van der Waals surface area contributed by atoms with Gasteiger partial charge in [0.2, 0.25) is 0 Å². The van der Waals surface area contributed by atoms with Crippen LogP contribution in [0.25, 0.3) is 0 Å². The Hall–Kier alpha value is -0.890. The highest BCUT2D eigenvalue weighted by molar-refractivity contribution is 14.1. The molecular weight excluding hydrogens is 277 g/mol. The lowest BCUT2D eigenvalue weighted by Crippen LogP contribution is -1.99. The largest absolute Gasteiger partial charge is 0.294 e. The van der Waals surface area contributed by atoms with E-state index in [0.717, 1.165) is 9.13 Å². The molecule has 1 aromatic carbocycles. The van der Waals surface area contributed by atoms with Crippen LogP contribution in [0.3, 0.4) is 0 Å². The molecule has 0 aromatic heterocycles. The fourth-order valence-corrected chi connectivity index (χ4v) is 1.93. The van der Waals surface area contributed by atoms with Crippen LogP contribution in [0.4, 0.5) is 0 Å². The molecule has 1 aromatic rings. The highest BCUT2D eigenvalue weighted by Crippen LogP contribution is 2.20. The second kappa shape index (κ2) is 3.88. The van der Waals surface area contributed by atoms with Crippen LogP contribution < -0.4 is 0 Å². The molecule has 0 radical (unpaired) electrons. The Morgan fingerprint density at radius 2 is 2.15 bits per heavy atom. The highest BCUT2D eigenvalue weighted by Gasteiger charge is 2.09. The van der Waals surface area contributed by atoms with E-state index >= 15 is 0 Å². The van der Waals surface area contributed by atoms with Crippen molar-refractivity contribution in [1.82, 2.24) is 0 Å². The fourth-order valence-electron chi connectivity index (χ4n) is 1.08. The van der Waals surface area contributed by atoms with Gasteiger partial charge in [0.1, 0.15) is 0 Å². The highest BCUT2D eigenvalue weighted by atomic mass is 127. The molecule has 0 aliphatic carbocycles. The molecule has 0 N–H and O–H groups in total. The van der Waals surface area contributed by atoms with Gasteiger partial charge >= 0.3 is 0 Å². The molecule has 0 saturated heterocycles. The van der Waals surface area contributed by atoms with Gasteiger partial charge in [-0.3, -0.25) is 4.79 Å². The topological polar surface area (TPSA) is 40.9 Å². The number of carbonyl (C=O) groups is 1. The Balaban J connectivity index is 3.42. The summed E-state index contributed by atoms with van der Waals surface area (Å²) in [6.45, 7) is 3.38. The molecule has 66 valence electrons. The van der Waals surface area contributed by atoms with Gasteiger partial charge in [0.15, 0.2) is 5.78 Å². The Kier molecular flexibility index (Phi) is 3.04. The number of hydrogen-bond acceptors (Lipinski definition) is 2. The normalized spacial score (nSPS) is 9.38. The third-order valence-corrected chi connectivity index (χ3v) is 3.28. The SMILES string of the molecule is CC(=O)c1ccc(C#N)c(C)c1I. The van der Waals surface area contributed by atoms with E-state index in [1.807, 2.05) is 6.92 Å². The molecule has 0 fully saturated rings. The van der Waals surface area contributed by atoms with Crippen LogP contribution in [-0.4, -0.2) is 5.78 Å². The molecule has 1 rings (SSSR count). The van der Waals surface area contributed by atoms with Crippen molar-refractivity contribution in [3.05, 3.63) is 32.4 Å². The van der Waals surface area contributed by atoms with Gasteiger partial charge in [-0.05, 0) is 54.1 Å². The molecule has 13 heavy (non-hydrogen) atoms. The molecule has 2 nitrogen and oxygen atoms in total. The minimum absolute atomic E-state index is 0.0389. The number of ketones is 1. The zero-order valence-corrected chi connectivity index (χ0v) is 9.55. The van der Waals surface area contributed by atoms with Crippen LogP contribution in [0.2, 0.25) is 0 Å². The van der Waals surface area contributed by atoms with Crippen LogP contribution >= 0.6 is 22.6 Å². The van der Waals surface area contributed by atoms with E-state index < -0.39 is 0 Å². The van der Waals surface area contributed by atoms with Crippen LogP contribution in [0.1, 0.15) is 28.4 Å². The van der Waals surface area contributed by atoms with E-state index in [1.54, 1.807) is 12.1 Å². The summed E-state index contributed by atoms with van der Waals surface area (Å²) in [6.07, 6.45) is 0. The van der Waals surface area contributed by atoms with Crippen molar-refractivity contribution in [3.63, 3.8) is 0 Å². The number of halogens is 1. The van der Waals surface area contributed by atoms with Crippen molar-refractivity contribution >= 4 is 28.4 Å². The number of benzene rings is 1. The third kappa shape index (κ3) is 1.89. The molecular formula is C10H8INO. The van der Waals surface area contributed by atoms with E-state index in [-0.39, 0.29) is 5.78 Å². The summed E-state index contributed by atoms with van der Waals surface area (Å²) in [6, 6.07) is 5.48. The van der Waals surface area contributed by atoms with Gasteiger partial charge in [0, 0.05) is 9.13 Å². The summed E-state index contributed by atoms with van der Waals surface area (Å²) >= 11 is 2.10. The van der Waals surface area contributed by atoms with Gasteiger partial charge in [0.25, 0.3) is 0 Å². The third-order valence-electron chi connectivity index (χ3n) is 1.89. The van der Waals surface area contributed by atoms with Gasteiger partial charge in [-0.2, -0.15) is 5.26 Å². The Labute approximate surface area is 90.7 Å². The zero-order chi connectivity index (χ0) is 10.0. The Bertz CT molecular complexity index is 404. The lowest BCUT2D eigenvalue weighted by atomic mass is 10.0. The molecule has 0 aliphatic heterocycles. The smallest absolute Gasteiger partial charge is 0.160 e. The number of nitriles is 1. The second-order valence-corrected chi connectivity index (χ2v) is 3.85. The van der Waals surface area contributed by atoms with E-state index in [4.69, 9.17) is 5.26 Å². The molecule has 0 atom stereocenters. The lowest BCUT2D eigenvalue weighted by molar-refractivity contribution is 0.101. The first-order valence-corrected chi connectivity index (χ1v) is 4.86. The van der Waals surface area contributed by atoms with Crippen LogP contribution in [-0.2, 0) is 0 Å². The van der Waals surface area contributed by atoms with Crippen molar-refractivity contribution in [2.24, 2.45) is 0 Å². The molecule has 0 unspecified atom stereocenters. The average molecular weight is 285 g/mol. The van der Waals surface area contributed by atoms with Crippen molar-refractivity contribution in [3.8, 4) is 6.07 Å². The van der Waals surface area contributed by atoms with Crippen molar-refractivity contribution in [2.45, 2.75) is 13.8 Å². The summed E-state index contributed by atoms with van der Waals surface area (Å²) in [7, 11) is 0. The Morgan fingerprint density at radius 3 is 2.62 bits per heavy atom. The first kappa shape index (κ1) is 10.2. The maximum atomic E-state index is 11.1. The average Bonchev–Trinajstić information content (AvgIpc) is 2.09. The predicted molar refractivity (Wildman–Crippen MR) is 58.6 cm³/mol. The van der Waals surface area contributed by atoms with Gasteiger partial charge in [-0.25, -0.2) is 0 Å². The van der Waals surface area contributed by atoms with E-state index in [9.17, 15) is 4.79 Å². The first-order chi connectivity index (χ1) is 6.07. The maximum Gasteiger partial charge on any atom is 0.160 e. The summed E-state index contributed by atoms with van der Waals surface area (Å²) in [5.41, 5.74) is 2.21. The summed E-state index contributed by atoms with van der Waals surface area (Å²) < 4.78 is 0.879. The molecule has 0 amide bonds. The number of carbonyl (C=O) groups excluding carboxylic acids is 1. The minimum atomic E-state index is 0.0389. The summed E-state index contributed by atoms with van der Waals surface area (Å²) in [5.74, 6) is 0.0389. The van der Waals surface area contributed by atoms with Crippen molar-refractivity contribution in [2.75, 3.05) is 0 Å². The molecule has 0 bridgehead atoms. The standard InChI is InChI=1S/C10H8INO/c1-6-8(5-12)3-4-9(7(2)13)10(6)11/h3-4H,1-2H3.